The van der Waals surface area contributed by atoms with Gasteiger partial charge >= 0.3 is 5.97 Å². The molecule has 1 aromatic rings. The molecule has 0 radical (unpaired) electrons. The zero-order valence-electron chi connectivity index (χ0n) is 10.2. The number of halogens is 1. The van der Waals surface area contributed by atoms with Crippen LogP contribution in [0.5, 0.6) is 0 Å². The number of likely N-dealkylation sites (tertiary alicyclic amines) is 1. The third-order valence-corrected chi connectivity index (χ3v) is 4.30. The van der Waals surface area contributed by atoms with E-state index in [1.165, 1.54) is 6.07 Å². The number of carboxylic acid groups (broad SMARTS) is 1. The molecule has 0 spiro atoms. The van der Waals surface area contributed by atoms with Crippen LogP contribution in [-0.2, 0) is 16.8 Å². The Morgan fingerprint density at radius 3 is 2.72 bits per heavy atom. The lowest BCUT2D eigenvalue weighted by molar-refractivity contribution is -0.151. The standard InChI is InChI=1S/C14H16FNO2/c15-12-5-3-4-11-10(12)6-7-14(11,13(17)18)16-8-1-2-9-16/h3-5H,1-2,6-9H2,(H,17,18). The molecule has 18 heavy (non-hydrogen) atoms. The van der Waals surface area contributed by atoms with Gasteiger partial charge < -0.3 is 5.11 Å². The van der Waals surface area contributed by atoms with Crippen molar-refractivity contribution in [2.45, 2.75) is 31.2 Å². The van der Waals surface area contributed by atoms with E-state index < -0.39 is 11.5 Å². The van der Waals surface area contributed by atoms with Gasteiger partial charge in [-0.05, 0) is 56.0 Å². The average Bonchev–Trinajstić information content (AvgIpc) is 2.96. The summed E-state index contributed by atoms with van der Waals surface area (Å²) in [5.74, 6) is -1.11. The summed E-state index contributed by atoms with van der Waals surface area (Å²) in [6.07, 6.45) is 3.06. The number of carbonyl (C=O) groups is 1. The second-order valence-electron chi connectivity index (χ2n) is 5.13. The Labute approximate surface area is 105 Å². The average molecular weight is 249 g/mol. The number of fused-ring (bicyclic) bond motifs is 1. The largest absolute Gasteiger partial charge is 0.480 e. The molecule has 1 aliphatic heterocycles. The number of nitrogens with zero attached hydrogens (tertiary/aromatic N) is 1. The first-order valence-electron chi connectivity index (χ1n) is 6.42. The SMILES string of the molecule is O=C(O)C1(N2CCCC2)CCc2c(F)cccc21. The first kappa shape index (κ1) is 11.7. The van der Waals surface area contributed by atoms with Gasteiger partial charge in [0.2, 0.25) is 0 Å². The van der Waals surface area contributed by atoms with Crippen LogP contribution in [0, 0.1) is 5.82 Å². The third-order valence-electron chi connectivity index (χ3n) is 4.30. The molecule has 1 atom stereocenters. The van der Waals surface area contributed by atoms with Crippen molar-refractivity contribution in [2.24, 2.45) is 0 Å². The van der Waals surface area contributed by atoms with E-state index in [-0.39, 0.29) is 5.82 Å². The first-order valence-corrected chi connectivity index (χ1v) is 6.42. The van der Waals surface area contributed by atoms with E-state index in [0.717, 1.165) is 25.9 Å². The highest BCUT2D eigenvalue weighted by molar-refractivity contribution is 5.82. The van der Waals surface area contributed by atoms with E-state index in [0.29, 0.717) is 24.0 Å². The van der Waals surface area contributed by atoms with Crippen LogP contribution in [0.2, 0.25) is 0 Å². The van der Waals surface area contributed by atoms with Crippen LogP contribution in [0.15, 0.2) is 18.2 Å². The Kier molecular flexibility index (Phi) is 2.63. The molecule has 1 aromatic carbocycles. The van der Waals surface area contributed by atoms with Gasteiger partial charge in [-0.15, -0.1) is 0 Å². The summed E-state index contributed by atoms with van der Waals surface area (Å²) in [6, 6.07) is 4.81. The molecule has 3 nitrogen and oxygen atoms in total. The summed E-state index contributed by atoms with van der Waals surface area (Å²) < 4.78 is 13.8. The molecule has 0 bridgehead atoms. The fourth-order valence-electron chi connectivity index (χ4n) is 3.43. The fraction of sp³-hybridized carbons (Fsp3) is 0.500. The number of benzene rings is 1. The van der Waals surface area contributed by atoms with Crippen LogP contribution in [0.4, 0.5) is 4.39 Å². The lowest BCUT2D eigenvalue weighted by atomic mass is 9.90. The fourth-order valence-corrected chi connectivity index (χ4v) is 3.43. The first-order chi connectivity index (χ1) is 8.66. The zero-order valence-corrected chi connectivity index (χ0v) is 10.2. The van der Waals surface area contributed by atoms with E-state index in [1.54, 1.807) is 12.1 Å². The van der Waals surface area contributed by atoms with Crippen molar-refractivity contribution in [1.29, 1.82) is 0 Å². The van der Waals surface area contributed by atoms with Crippen molar-refractivity contribution in [3.05, 3.63) is 35.1 Å². The number of hydrogen-bond donors (Lipinski definition) is 1. The highest BCUT2D eigenvalue weighted by atomic mass is 19.1. The highest BCUT2D eigenvalue weighted by Gasteiger charge is 2.51. The molecule has 0 saturated carbocycles. The Bertz CT molecular complexity index is 497. The van der Waals surface area contributed by atoms with E-state index in [1.807, 2.05) is 4.90 Å². The lowest BCUT2D eigenvalue weighted by Gasteiger charge is -2.35. The van der Waals surface area contributed by atoms with Crippen LogP contribution in [-0.4, -0.2) is 29.1 Å². The van der Waals surface area contributed by atoms with Crippen LogP contribution >= 0.6 is 0 Å². The number of rotatable bonds is 2. The van der Waals surface area contributed by atoms with Crippen molar-refractivity contribution in [3.8, 4) is 0 Å². The molecule has 4 heteroatoms. The Morgan fingerprint density at radius 1 is 1.33 bits per heavy atom. The van der Waals surface area contributed by atoms with Gasteiger partial charge in [-0.1, -0.05) is 12.1 Å². The summed E-state index contributed by atoms with van der Waals surface area (Å²) in [6.45, 7) is 1.59. The smallest absolute Gasteiger partial charge is 0.328 e. The zero-order chi connectivity index (χ0) is 12.8. The molecule has 1 fully saturated rings. The van der Waals surface area contributed by atoms with Gasteiger partial charge in [0.25, 0.3) is 0 Å². The minimum atomic E-state index is -0.992. The molecule has 1 aliphatic carbocycles. The van der Waals surface area contributed by atoms with Gasteiger partial charge in [0, 0.05) is 0 Å². The summed E-state index contributed by atoms with van der Waals surface area (Å²) in [7, 11) is 0. The van der Waals surface area contributed by atoms with E-state index in [2.05, 4.69) is 0 Å². The minimum absolute atomic E-state index is 0.269. The summed E-state index contributed by atoms with van der Waals surface area (Å²) in [5.41, 5.74) is 0.261. The van der Waals surface area contributed by atoms with E-state index in [4.69, 9.17) is 0 Å². The molecule has 1 N–H and O–H groups in total. The molecular weight excluding hydrogens is 233 g/mol. The monoisotopic (exact) mass is 249 g/mol. The Balaban J connectivity index is 2.14. The van der Waals surface area contributed by atoms with Gasteiger partial charge in [-0.25, -0.2) is 9.18 Å². The highest BCUT2D eigenvalue weighted by Crippen LogP contribution is 2.44. The maximum absolute atomic E-state index is 13.8. The van der Waals surface area contributed by atoms with Gasteiger partial charge in [0.05, 0.1) is 0 Å². The van der Waals surface area contributed by atoms with Crippen molar-refractivity contribution >= 4 is 5.97 Å². The number of aliphatic carboxylic acids is 1. The van der Waals surface area contributed by atoms with Crippen LogP contribution in [0.25, 0.3) is 0 Å². The second-order valence-corrected chi connectivity index (χ2v) is 5.13. The Hall–Kier alpha value is -1.42. The topological polar surface area (TPSA) is 40.5 Å². The van der Waals surface area contributed by atoms with Gasteiger partial charge in [-0.2, -0.15) is 0 Å². The van der Waals surface area contributed by atoms with E-state index in [9.17, 15) is 14.3 Å². The van der Waals surface area contributed by atoms with Crippen molar-refractivity contribution in [2.75, 3.05) is 13.1 Å². The summed E-state index contributed by atoms with van der Waals surface area (Å²) in [5, 5.41) is 9.70. The van der Waals surface area contributed by atoms with Gasteiger partial charge in [0.15, 0.2) is 0 Å². The molecule has 0 amide bonds. The normalized spacial score (nSPS) is 27.4. The van der Waals surface area contributed by atoms with Crippen LogP contribution in [0.3, 0.4) is 0 Å². The second kappa shape index (κ2) is 4.05. The molecule has 1 heterocycles. The third kappa shape index (κ3) is 1.42. The number of carboxylic acids is 1. The lowest BCUT2D eigenvalue weighted by Crippen LogP contribution is -2.49. The predicted octanol–water partition coefficient (Wildman–Crippen LogP) is 2.15. The molecule has 0 aromatic heterocycles. The van der Waals surface area contributed by atoms with Crippen LogP contribution in [0.1, 0.15) is 30.4 Å². The van der Waals surface area contributed by atoms with Crippen molar-refractivity contribution in [1.82, 2.24) is 4.90 Å². The van der Waals surface area contributed by atoms with Crippen molar-refractivity contribution < 1.29 is 14.3 Å². The minimum Gasteiger partial charge on any atom is -0.480 e. The van der Waals surface area contributed by atoms with Crippen molar-refractivity contribution in [3.63, 3.8) is 0 Å². The molecule has 1 unspecified atom stereocenters. The predicted molar refractivity (Wildman–Crippen MR) is 64.8 cm³/mol. The maximum Gasteiger partial charge on any atom is 0.328 e. The van der Waals surface area contributed by atoms with Gasteiger partial charge in [0.1, 0.15) is 11.4 Å². The molecule has 2 aliphatic rings. The molecular formula is C14H16FNO2. The quantitative estimate of drug-likeness (QED) is 0.873. The molecule has 1 saturated heterocycles. The van der Waals surface area contributed by atoms with Gasteiger partial charge in [-0.3, -0.25) is 4.90 Å². The summed E-state index contributed by atoms with van der Waals surface area (Å²) >= 11 is 0. The molecule has 3 rings (SSSR count). The number of hydrogen-bond acceptors (Lipinski definition) is 2. The molecule has 96 valence electrons. The van der Waals surface area contributed by atoms with E-state index >= 15 is 0 Å². The summed E-state index contributed by atoms with van der Waals surface area (Å²) in [4.78, 5) is 13.8. The van der Waals surface area contributed by atoms with Crippen LogP contribution < -0.4 is 0 Å². The Morgan fingerprint density at radius 2 is 2.06 bits per heavy atom. The maximum atomic E-state index is 13.8.